The highest BCUT2D eigenvalue weighted by Gasteiger charge is 2.34. The minimum Gasteiger partial charge on any atom is -0.497 e. The Balaban J connectivity index is 1.62. The lowest BCUT2D eigenvalue weighted by molar-refractivity contribution is 0.0945. The normalized spacial score (nSPS) is 16.9. The summed E-state index contributed by atoms with van der Waals surface area (Å²) in [6.07, 6.45) is 2.52. The van der Waals surface area contributed by atoms with Gasteiger partial charge in [-0.05, 0) is 48.4 Å². The van der Waals surface area contributed by atoms with Gasteiger partial charge in [0.05, 0.1) is 17.8 Å². The molecular weight excluding hydrogens is 392 g/mol. The highest BCUT2D eigenvalue weighted by Crippen LogP contribution is 2.38. The number of benzene rings is 1. The third kappa shape index (κ3) is 4.80. The Morgan fingerprint density at radius 3 is 2.59 bits per heavy atom. The van der Waals surface area contributed by atoms with E-state index in [0.29, 0.717) is 11.7 Å². The van der Waals surface area contributed by atoms with E-state index in [4.69, 9.17) is 9.26 Å². The summed E-state index contributed by atoms with van der Waals surface area (Å²) in [7, 11) is -1.99. The van der Waals surface area contributed by atoms with Crippen molar-refractivity contribution in [2.75, 3.05) is 19.4 Å². The van der Waals surface area contributed by atoms with Crippen molar-refractivity contribution < 1.29 is 22.5 Å². The number of carbonyl (C=O) groups is 1. The Bertz CT molecular complexity index is 971. The summed E-state index contributed by atoms with van der Waals surface area (Å²) < 4.78 is 35.3. The van der Waals surface area contributed by atoms with Crippen LogP contribution >= 0.6 is 0 Å². The number of fused-ring (bicyclic) bond motifs is 1. The molecule has 8 heteroatoms. The summed E-state index contributed by atoms with van der Waals surface area (Å²) in [4.78, 5) is 12.8. The van der Waals surface area contributed by atoms with Gasteiger partial charge in [-0.15, -0.1) is 0 Å². The standard InChI is InChI=1S/C21H28N2O5S/c1-21(2,3)14-5-10-18-17(13-14)19(23-28-18)20(24)22-11-12-29(25,26)16-8-6-15(27-4)7-9-16/h6-9,14H,5,10-13H2,1-4H3,(H,22,24). The first kappa shape index (κ1) is 21.4. The summed E-state index contributed by atoms with van der Waals surface area (Å²) in [6.45, 7) is 6.58. The van der Waals surface area contributed by atoms with E-state index >= 15 is 0 Å². The van der Waals surface area contributed by atoms with Gasteiger partial charge in [0.1, 0.15) is 11.5 Å². The summed E-state index contributed by atoms with van der Waals surface area (Å²) in [5.74, 6) is 1.20. The number of rotatable bonds is 6. The number of amides is 1. The van der Waals surface area contributed by atoms with E-state index in [2.05, 4.69) is 31.2 Å². The fourth-order valence-corrected chi connectivity index (χ4v) is 4.76. The number of aryl methyl sites for hydroxylation is 1. The van der Waals surface area contributed by atoms with Gasteiger partial charge in [-0.25, -0.2) is 8.42 Å². The van der Waals surface area contributed by atoms with Crippen molar-refractivity contribution in [2.24, 2.45) is 11.3 Å². The third-order valence-corrected chi connectivity index (χ3v) is 7.29. The van der Waals surface area contributed by atoms with Crippen molar-refractivity contribution in [3.05, 3.63) is 41.3 Å². The van der Waals surface area contributed by atoms with Gasteiger partial charge in [-0.2, -0.15) is 0 Å². The monoisotopic (exact) mass is 420 g/mol. The average molecular weight is 421 g/mol. The largest absolute Gasteiger partial charge is 0.497 e. The first-order valence-electron chi connectivity index (χ1n) is 9.74. The average Bonchev–Trinajstić information content (AvgIpc) is 3.10. The van der Waals surface area contributed by atoms with Gasteiger partial charge in [0.2, 0.25) is 0 Å². The van der Waals surface area contributed by atoms with Crippen LogP contribution in [0.25, 0.3) is 0 Å². The highest BCUT2D eigenvalue weighted by molar-refractivity contribution is 7.91. The van der Waals surface area contributed by atoms with Crippen LogP contribution in [0.1, 0.15) is 49.0 Å². The molecule has 1 aliphatic rings. The maximum Gasteiger partial charge on any atom is 0.273 e. The number of hydrogen-bond donors (Lipinski definition) is 1. The van der Waals surface area contributed by atoms with E-state index in [1.807, 2.05) is 0 Å². The molecule has 1 atom stereocenters. The molecule has 0 fully saturated rings. The molecule has 29 heavy (non-hydrogen) atoms. The van der Waals surface area contributed by atoms with Gasteiger partial charge in [0.25, 0.3) is 5.91 Å². The van der Waals surface area contributed by atoms with Gasteiger partial charge in [-0.1, -0.05) is 25.9 Å². The van der Waals surface area contributed by atoms with Crippen molar-refractivity contribution in [3.63, 3.8) is 0 Å². The molecule has 1 unspecified atom stereocenters. The van der Waals surface area contributed by atoms with E-state index < -0.39 is 15.7 Å². The zero-order valence-corrected chi connectivity index (χ0v) is 18.1. The lowest BCUT2D eigenvalue weighted by Gasteiger charge is -2.33. The van der Waals surface area contributed by atoms with Crippen LogP contribution in [0.3, 0.4) is 0 Å². The molecule has 1 aromatic carbocycles. The Kier molecular flexibility index (Phi) is 6.03. The second kappa shape index (κ2) is 8.18. The first-order valence-corrected chi connectivity index (χ1v) is 11.4. The molecule has 0 saturated carbocycles. The molecule has 0 bridgehead atoms. The second-order valence-corrected chi connectivity index (χ2v) is 10.6. The smallest absolute Gasteiger partial charge is 0.273 e. The minimum atomic E-state index is -3.51. The van der Waals surface area contributed by atoms with Crippen LogP contribution in [0, 0.1) is 11.3 Å². The predicted molar refractivity (Wildman–Crippen MR) is 109 cm³/mol. The molecule has 1 N–H and O–H groups in total. The lowest BCUT2D eigenvalue weighted by Crippen LogP contribution is -2.32. The van der Waals surface area contributed by atoms with Crippen molar-refractivity contribution in [2.45, 2.75) is 44.9 Å². The van der Waals surface area contributed by atoms with Crippen molar-refractivity contribution in [3.8, 4) is 5.75 Å². The van der Waals surface area contributed by atoms with E-state index in [0.717, 1.165) is 30.6 Å². The molecular formula is C21H28N2O5S. The van der Waals surface area contributed by atoms with Gasteiger partial charge in [-0.3, -0.25) is 4.79 Å². The molecule has 0 aliphatic heterocycles. The van der Waals surface area contributed by atoms with Crippen molar-refractivity contribution >= 4 is 15.7 Å². The molecule has 1 amide bonds. The molecule has 1 aliphatic carbocycles. The zero-order valence-electron chi connectivity index (χ0n) is 17.3. The molecule has 1 heterocycles. The van der Waals surface area contributed by atoms with Crippen LogP contribution < -0.4 is 10.1 Å². The number of methoxy groups -OCH3 is 1. The van der Waals surface area contributed by atoms with Gasteiger partial charge in [0.15, 0.2) is 15.5 Å². The number of nitrogens with one attached hydrogen (secondary N) is 1. The molecule has 0 saturated heterocycles. The number of ether oxygens (including phenoxy) is 1. The Labute approximate surface area is 171 Å². The summed E-state index contributed by atoms with van der Waals surface area (Å²) in [6, 6.07) is 6.19. The quantitative estimate of drug-likeness (QED) is 0.771. The SMILES string of the molecule is COc1ccc(S(=O)(=O)CCNC(=O)c2noc3c2CC(C(C)(C)C)CC3)cc1. The number of carbonyl (C=O) groups excluding carboxylic acids is 1. The summed E-state index contributed by atoms with van der Waals surface area (Å²) in [5.41, 5.74) is 1.26. The maximum absolute atomic E-state index is 12.6. The number of nitrogens with zero attached hydrogens (tertiary/aromatic N) is 1. The predicted octanol–water partition coefficient (Wildman–Crippen LogP) is 3.04. The van der Waals surface area contributed by atoms with Crippen molar-refractivity contribution in [1.82, 2.24) is 10.5 Å². The van der Waals surface area contributed by atoms with E-state index in [-0.39, 0.29) is 28.3 Å². The molecule has 0 spiro atoms. The zero-order chi connectivity index (χ0) is 21.2. The Morgan fingerprint density at radius 2 is 1.97 bits per heavy atom. The lowest BCUT2D eigenvalue weighted by atomic mass is 9.71. The molecule has 3 rings (SSSR count). The van der Waals surface area contributed by atoms with Gasteiger partial charge < -0.3 is 14.6 Å². The van der Waals surface area contributed by atoms with E-state index in [1.165, 1.54) is 19.2 Å². The molecule has 1 aromatic heterocycles. The molecule has 158 valence electrons. The first-order chi connectivity index (χ1) is 13.6. The van der Waals surface area contributed by atoms with E-state index in [1.54, 1.807) is 12.1 Å². The van der Waals surface area contributed by atoms with Gasteiger partial charge in [0, 0.05) is 18.5 Å². The topological polar surface area (TPSA) is 98.5 Å². The highest BCUT2D eigenvalue weighted by atomic mass is 32.2. The third-order valence-electron chi connectivity index (χ3n) is 5.55. The second-order valence-electron chi connectivity index (χ2n) is 8.49. The fraction of sp³-hybridized carbons (Fsp3) is 0.524. The molecule has 7 nitrogen and oxygen atoms in total. The van der Waals surface area contributed by atoms with Gasteiger partial charge >= 0.3 is 0 Å². The van der Waals surface area contributed by atoms with Crippen LogP contribution in [-0.2, 0) is 22.7 Å². The minimum absolute atomic E-state index is 0.00245. The Morgan fingerprint density at radius 1 is 1.28 bits per heavy atom. The van der Waals surface area contributed by atoms with E-state index in [9.17, 15) is 13.2 Å². The molecule has 2 aromatic rings. The summed E-state index contributed by atoms with van der Waals surface area (Å²) in [5, 5.41) is 6.63. The van der Waals surface area contributed by atoms with Crippen LogP contribution in [0.4, 0.5) is 0 Å². The maximum atomic E-state index is 12.6. The summed E-state index contributed by atoms with van der Waals surface area (Å²) >= 11 is 0. The Hall–Kier alpha value is -2.35. The van der Waals surface area contributed by atoms with Crippen LogP contribution in [0.15, 0.2) is 33.7 Å². The van der Waals surface area contributed by atoms with Crippen LogP contribution in [0.5, 0.6) is 5.75 Å². The fourth-order valence-electron chi connectivity index (χ4n) is 3.61. The van der Waals surface area contributed by atoms with Crippen LogP contribution in [-0.4, -0.2) is 38.9 Å². The number of hydrogen-bond acceptors (Lipinski definition) is 6. The van der Waals surface area contributed by atoms with Crippen molar-refractivity contribution in [1.29, 1.82) is 0 Å². The number of sulfone groups is 1. The number of aromatic nitrogens is 1. The molecule has 0 radical (unpaired) electrons. The van der Waals surface area contributed by atoms with Crippen LogP contribution in [0.2, 0.25) is 0 Å².